The Balaban J connectivity index is 1.38. The molecule has 0 aliphatic carbocycles. The number of hydrogen-bond acceptors (Lipinski definition) is 6. The van der Waals surface area contributed by atoms with Crippen LogP contribution >= 0.6 is 0 Å². The van der Waals surface area contributed by atoms with Gasteiger partial charge in [0.25, 0.3) is 11.8 Å². The SMILES string of the molecule is O=C1C[C@@H]2CC[C@H](CNC(=O)c3cc(F)ccc3OCCN1)N2C(=O)c1ccc(Cn2ccnc2)o1. The minimum Gasteiger partial charge on any atom is -0.491 e. The van der Waals surface area contributed by atoms with Crippen LogP contribution in [0.5, 0.6) is 5.75 Å². The van der Waals surface area contributed by atoms with Crippen molar-refractivity contribution in [2.24, 2.45) is 0 Å². The van der Waals surface area contributed by atoms with Crippen LogP contribution in [0.4, 0.5) is 4.39 Å². The highest BCUT2D eigenvalue weighted by atomic mass is 19.1. The van der Waals surface area contributed by atoms with E-state index in [9.17, 15) is 18.8 Å². The number of ether oxygens (including phenoxy) is 1. The highest BCUT2D eigenvalue weighted by Gasteiger charge is 2.39. The van der Waals surface area contributed by atoms with Gasteiger partial charge >= 0.3 is 0 Å². The van der Waals surface area contributed by atoms with E-state index >= 15 is 0 Å². The van der Waals surface area contributed by atoms with Gasteiger partial charge < -0.3 is 29.3 Å². The number of carbonyl (C=O) groups excluding carboxylic acids is 3. The summed E-state index contributed by atoms with van der Waals surface area (Å²) in [5.41, 5.74) is 0.0565. The predicted octanol–water partition coefficient (Wildman–Crippen LogP) is 1.97. The van der Waals surface area contributed by atoms with Crippen LogP contribution < -0.4 is 15.4 Å². The van der Waals surface area contributed by atoms with Crippen LogP contribution in [0.25, 0.3) is 0 Å². The third-order valence-corrected chi connectivity index (χ3v) is 6.41. The highest BCUT2D eigenvalue weighted by Crippen LogP contribution is 2.29. The van der Waals surface area contributed by atoms with Gasteiger partial charge in [-0.05, 0) is 43.2 Å². The molecule has 188 valence electrons. The van der Waals surface area contributed by atoms with Gasteiger partial charge in [-0.15, -0.1) is 0 Å². The lowest BCUT2D eigenvalue weighted by Crippen LogP contribution is -2.48. The standard InChI is InChI=1S/C25H26FN5O5/c26-16-1-5-21-20(11-16)24(33)29-13-18-3-2-17(12-23(32)28-8-10-35-21)31(18)25(34)22-6-4-19(36-22)14-30-9-7-27-15-30/h1,4-7,9,11,15,17-18H,2-3,8,10,12-14H2,(H,28,32)(H,29,33)/t17-,18+/m0/s1. The normalized spacial score (nSPS) is 20.6. The lowest BCUT2D eigenvalue weighted by atomic mass is 10.1. The lowest BCUT2D eigenvalue weighted by Gasteiger charge is -2.30. The smallest absolute Gasteiger partial charge is 0.290 e. The third kappa shape index (κ3) is 5.09. The molecule has 1 fully saturated rings. The molecule has 3 aromatic rings. The number of benzene rings is 1. The molecule has 2 aliphatic heterocycles. The quantitative estimate of drug-likeness (QED) is 0.574. The molecule has 10 nitrogen and oxygen atoms in total. The fourth-order valence-electron chi connectivity index (χ4n) is 4.71. The van der Waals surface area contributed by atoms with Gasteiger partial charge in [0.15, 0.2) is 5.76 Å². The second-order valence-corrected chi connectivity index (χ2v) is 8.85. The number of rotatable bonds is 3. The molecule has 2 bridgehead atoms. The Bertz CT molecular complexity index is 1260. The molecule has 5 rings (SSSR count). The Kier molecular flexibility index (Phi) is 6.70. The molecule has 0 unspecified atom stereocenters. The molecule has 0 saturated carbocycles. The van der Waals surface area contributed by atoms with Gasteiger partial charge in [-0.25, -0.2) is 9.37 Å². The van der Waals surface area contributed by atoms with E-state index in [1.807, 2.05) is 4.57 Å². The molecule has 2 N–H and O–H groups in total. The van der Waals surface area contributed by atoms with E-state index in [0.717, 1.165) is 6.07 Å². The van der Waals surface area contributed by atoms with Crippen LogP contribution in [-0.4, -0.2) is 64.0 Å². The molecule has 0 spiro atoms. The zero-order chi connectivity index (χ0) is 25.1. The number of nitrogens with one attached hydrogen (secondary N) is 2. The Hall–Kier alpha value is -4.15. The molecular weight excluding hydrogens is 469 g/mol. The first kappa shape index (κ1) is 23.6. The summed E-state index contributed by atoms with van der Waals surface area (Å²) in [6, 6.07) is 6.35. The van der Waals surface area contributed by atoms with Crippen molar-refractivity contribution in [3.8, 4) is 5.75 Å². The third-order valence-electron chi connectivity index (χ3n) is 6.41. The minimum absolute atomic E-state index is 0.0565. The van der Waals surface area contributed by atoms with Crippen molar-refractivity contribution in [3.05, 3.63) is 72.0 Å². The fourth-order valence-corrected chi connectivity index (χ4v) is 4.71. The maximum atomic E-state index is 13.9. The summed E-state index contributed by atoms with van der Waals surface area (Å²) in [4.78, 5) is 44.7. The van der Waals surface area contributed by atoms with Crippen LogP contribution in [0.2, 0.25) is 0 Å². The first-order chi connectivity index (χ1) is 17.5. The van der Waals surface area contributed by atoms with Crippen molar-refractivity contribution in [1.29, 1.82) is 0 Å². The summed E-state index contributed by atoms with van der Waals surface area (Å²) in [6.45, 7) is 0.884. The molecule has 1 aromatic carbocycles. The van der Waals surface area contributed by atoms with Crippen LogP contribution in [0.1, 0.15) is 45.9 Å². The molecule has 2 atom stereocenters. The molecule has 4 heterocycles. The first-order valence-electron chi connectivity index (χ1n) is 11.8. The number of furan rings is 1. The zero-order valence-electron chi connectivity index (χ0n) is 19.5. The highest BCUT2D eigenvalue weighted by molar-refractivity contribution is 5.97. The Morgan fingerprint density at radius 2 is 2.00 bits per heavy atom. The average Bonchev–Trinajstić information content (AvgIpc) is 3.62. The number of halogens is 1. The van der Waals surface area contributed by atoms with Crippen LogP contribution in [0.15, 0.2) is 53.5 Å². The average molecular weight is 496 g/mol. The number of amides is 3. The second-order valence-electron chi connectivity index (χ2n) is 8.85. The summed E-state index contributed by atoms with van der Waals surface area (Å²) >= 11 is 0. The molecule has 2 aliphatic rings. The molecule has 3 amide bonds. The predicted molar refractivity (Wildman–Crippen MR) is 125 cm³/mol. The summed E-state index contributed by atoms with van der Waals surface area (Å²) in [5.74, 6) is -0.637. The summed E-state index contributed by atoms with van der Waals surface area (Å²) in [5, 5.41) is 5.60. The van der Waals surface area contributed by atoms with E-state index in [2.05, 4.69) is 15.6 Å². The monoisotopic (exact) mass is 495 g/mol. The van der Waals surface area contributed by atoms with Crippen molar-refractivity contribution >= 4 is 17.7 Å². The van der Waals surface area contributed by atoms with Crippen molar-refractivity contribution in [2.45, 2.75) is 37.9 Å². The fraction of sp³-hybridized carbons (Fsp3) is 0.360. The number of imidazole rings is 1. The molecule has 1 saturated heterocycles. The van der Waals surface area contributed by atoms with Gasteiger partial charge in [0, 0.05) is 37.4 Å². The van der Waals surface area contributed by atoms with Gasteiger partial charge in [0.05, 0.1) is 25.0 Å². The number of aromatic nitrogens is 2. The first-order valence-corrected chi connectivity index (χ1v) is 11.8. The summed E-state index contributed by atoms with van der Waals surface area (Å²) in [6.07, 6.45) is 6.43. The van der Waals surface area contributed by atoms with Crippen LogP contribution in [0.3, 0.4) is 0 Å². The minimum atomic E-state index is -0.566. The number of fused-ring (bicyclic) bond motifs is 3. The van der Waals surface area contributed by atoms with Gasteiger partial charge in [0.1, 0.15) is 23.9 Å². The second kappa shape index (κ2) is 10.2. The Morgan fingerprint density at radius 3 is 2.83 bits per heavy atom. The number of hydrogen-bond donors (Lipinski definition) is 2. The van der Waals surface area contributed by atoms with Crippen molar-refractivity contribution in [3.63, 3.8) is 0 Å². The van der Waals surface area contributed by atoms with E-state index in [4.69, 9.17) is 9.15 Å². The van der Waals surface area contributed by atoms with Crippen LogP contribution in [-0.2, 0) is 11.3 Å². The van der Waals surface area contributed by atoms with E-state index in [1.165, 1.54) is 12.1 Å². The Labute approximate surface area is 206 Å². The lowest BCUT2D eigenvalue weighted by molar-refractivity contribution is -0.122. The van der Waals surface area contributed by atoms with E-state index in [1.54, 1.807) is 35.8 Å². The van der Waals surface area contributed by atoms with Gasteiger partial charge in [-0.3, -0.25) is 14.4 Å². The van der Waals surface area contributed by atoms with E-state index < -0.39 is 11.7 Å². The number of carbonyl (C=O) groups is 3. The molecule has 36 heavy (non-hydrogen) atoms. The van der Waals surface area contributed by atoms with Crippen molar-refractivity contribution < 1.29 is 27.9 Å². The van der Waals surface area contributed by atoms with Crippen molar-refractivity contribution in [2.75, 3.05) is 19.7 Å². The molecule has 2 aromatic heterocycles. The van der Waals surface area contributed by atoms with Crippen molar-refractivity contribution in [1.82, 2.24) is 25.1 Å². The molecule has 11 heteroatoms. The van der Waals surface area contributed by atoms with E-state index in [-0.39, 0.29) is 67.1 Å². The van der Waals surface area contributed by atoms with E-state index in [0.29, 0.717) is 25.1 Å². The topological polar surface area (TPSA) is 119 Å². The van der Waals surface area contributed by atoms with Gasteiger partial charge in [0.2, 0.25) is 5.91 Å². The van der Waals surface area contributed by atoms with Gasteiger partial charge in [-0.2, -0.15) is 0 Å². The largest absolute Gasteiger partial charge is 0.491 e. The van der Waals surface area contributed by atoms with Gasteiger partial charge in [-0.1, -0.05) is 0 Å². The maximum absolute atomic E-state index is 13.9. The zero-order valence-corrected chi connectivity index (χ0v) is 19.5. The summed E-state index contributed by atoms with van der Waals surface area (Å²) in [7, 11) is 0. The molecule has 0 radical (unpaired) electrons. The van der Waals surface area contributed by atoms with Crippen LogP contribution in [0, 0.1) is 5.82 Å². The Morgan fingerprint density at radius 1 is 1.14 bits per heavy atom. The summed E-state index contributed by atoms with van der Waals surface area (Å²) < 4.78 is 27.1. The number of nitrogens with zero attached hydrogens (tertiary/aromatic N) is 3. The molecular formula is C25H26FN5O5. The maximum Gasteiger partial charge on any atom is 0.290 e.